The van der Waals surface area contributed by atoms with Crippen LogP contribution in [-0.4, -0.2) is 25.6 Å². The molecule has 1 aliphatic carbocycles. The van der Waals surface area contributed by atoms with Gasteiger partial charge >= 0.3 is 0 Å². The highest BCUT2D eigenvalue weighted by molar-refractivity contribution is 9.10. The lowest BCUT2D eigenvalue weighted by atomic mass is 9.85. The van der Waals surface area contributed by atoms with Crippen LogP contribution in [0.2, 0.25) is 0 Å². The SMILES string of the molecule is Brc1cccc(OCC2CCCC3(C2)OCCO3)c1. The van der Waals surface area contributed by atoms with Crippen molar-refractivity contribution in [3.8, 4) is 5.75 Å². The van der Waals surface area contributed by atoms with Gasteiger partial charge in [-0.2, -0.15) is 0 Å². The summed E-state index contributed by atoms with van der Waals surface area (Å²) in [5.74, 6) is 1.14. The van der Waals surface area contributed by atoms with Gasteiger partial charge in [-0.1, -0.05) is 22.0 Å². The van der Waals surface area contributed by atoms with Crippen molar-refractivity contribution in [3.05, 3.63) is 28.7 Å². The average Bonchev–Trinajstić information content (AvgIpc) is 2.85. The number of ether oxygens (including phenoxy) is 3. The number of hydrogen-bond donors (Lipinski definition) is 0. The van der Waals surface area contributed by atoms with E-state index in [4.69, 9.17) is 14.2 Å². The second kappa shape index (κ2) is 5.81. The molecule has 4 heteroatoms. The van der Waals surface area contributed by atoms with Gasteiger partial charge in [0.15, 0.2) is 5.79 Å². The normalized spacial score (nSPS) is 25.6. The smallest absolute Gasteiger partial charge is 0.168 e. The van der Waals surface area contributed by atoms with E-state index in [-0.39, 0.29) is 5.79 Å². The van der Waals surface area contributed by atoms with E-state index in [2.05, 4.69) is 15.9 Å². The van der Waals surface area contributed by atoms with Crippen molar-refractivity contribution < 1.29 is 14.2 Å². The van der Waals surface area contributed by atoms with E-state index in [1.165, 1.54) is 6.42 Å². The van der Waals surface area contributed by atoms with Crippen LogP contribution in [0.5, 0.6) is 5.75 Å². The summed E-state index contributed by atoms with van der Waals surface area (Å²) in [4.78, 5) is 0. The van der Waals surface area contributed by atoms with Gasteiger partial charge in [0.2, 0.25) is 0 Å². The molecule has 1 unspecified atom stereocenters. The Morgan fingerprint density at radius 1 is 1.32 bits per heavy atom. The van der Waals surface area contributed by atoms with Crippen LogP contribution in [0.4, 0.5) is 0 Å². The highest BCUT2D eigenvalue weighted by atomic mass is 79.9. The van der Waals surface area contributed by atoms with E-state index >= 15 is 0 Å². The monoisotopic (exact) mass is 326 g/mol. The molecule has 104 valence electrons. The molecule has 0 bridgehead atoms. The molecular formula is C15H19BrO3. The Hall–Kier alpha value is -0.580. The standard InChI is InChI=1S/C15H19BrO3/c16-13-4-1-5-14(9-13)17-11-12-3-2-6-15(10-12)18-7-8-19-15/h1,4-5,9,12H,2-3,6-8,10-11H2. The van der Waals surface area contributed by atoms with Gasteiger partial charge in [-0.15, -0.1) is 0 Å². The van der Waals surface area contributed by atoms with Crippen molar-refractivity contribution in [1.29, 1.82) is 0 Å². The zero-order valence-corrected chi connectivity index (χ0v) is 12.5. The molecule has 2 fully saturated rings. The maximum atomic E-state index is 5.89. The lowest BCUT2D eigenvalue weighted by molar-refractivity contribution is -0.188. The highest BCUT2D eigenvalue weighted by Crippen LogP contribution is 2.38. The number of benzene rings is 1. The Balaban J connectivity index is 1.55. The van der Waals surface area contributed by atoms with E-state index in [0.717, 1.165) is 49.3 Å². The fourth-order valence-corrected chi connectivity index (χ4v) is 3.35. The summed E-state index contributed by atoms with van der Waals surface area (Å²) in [7, 11) is 0. The molecular weight excluding hydrogens is 308 g/mol. The molecule has 3 rings (SSSR count). The van der Waals surface area contributed by atoms with Gasteiger partial charge in [0, 0.05) is 17.3 Å². The predicted molar refractivity (Wildman–Crippen MR) is 76.2 cm³/mol. The summed E-state index contributed by atoms with van der Waals surface area (Å²) < 4.78 is 18.5. The van der Waals surface area contributed by atoms with E-state index < -0.39 is 0 Å². The number of halogens is 1. The molecule has 0 N–H and O–H groups in total. The maximum Gasteiger partial charge on any atom is 0.168 e. The third kappa shape index (κ3) is 3.30. The molecule has 0 aromatic heterocycles. The predicted octanol–water partition coefficient (Wildman–Crippen LogP) is 3.76. The third-order valence-electron chi connectivity index (χ3n) is 3.87. The van der Waals surface area contributed by atoms with Crippen LogP contribution in [0.15, 0.2) is 28.7 Å². The zero-order chi connectivity index (χ0) is 13.1. The zero-order valence-electron chi connectivity index (χ0n) is 10.9. The lowest BCUT2D eigenvalue weighted by Crippen LogP contribution is -2.38. The summed E-state index contributed by atoms with van der Waals surface area (Å²) >= 11 is 3.46. The van der Waals surface area contributed by atoms with Crippen LogP contribution in [-0.2, 0) is 9.47 Å². The summed E-state index contributed by atoms with van der Waals surface area (Å²) in [6.07, 6.45) is 4.34. The molecule has 0 amide bonds. The topological polar surface area (TPSA) is 27.7 Å². The second-order valence-electron chi connectivity index (χ2n) is 5.34. The van der Waals surface area contributed by atoms with Crippen LogP contribution in [0.25, 0.3) is 0 Å². The minimum absolute atomic E-state index is 0.302. The summed E-state index contributed by atoms with van der Waals surface area (Å²) in [5, 5.41) is 0. The molecule has 1 spiro atoms. The molecule has 1 atom stereocenters. The molecule has 2 aliphatic rings. The van der Waals surface area contributed by atoms with Crippen LogP contribution in [0.3, 0.4) is 0 Å². The largest absolute Gasteiger partial charge is 0.493 e. The Bertz CT molecular complexity index is 429. The van der Waals surface area contributed by atoms with Crippen molar-refractivity contribution in [2.24, 2.45) is 5.92 Å². The molecule has 1 saturated carbocycles. The quantitative estimate of drug-likeness (QED) is 0.846. The first kappa shape index (κ1) is 13.4. The minimum Gasteiger partial charge on any atom is -0.493 e. The number of rotatable bonds is 3. The van der Waals surface area contributed by atoms with Gasteiger partial charge in [-0.25, -0.2) is 0 Å². The van der Waals surface area contributed by atoms with Crippen molar-refractivity contribution in [1.82, 2.24) is 0 Å². The molecule has 1 aliphatic heterocycles. The second-order valence-corrected chi connectivity index (χ2v) is 6.25. The van der Waals surface area contributed by atoms with E-state index in [1.54, 1.807) is 0 Å². The third-order valence-corrected chi connectivity index (χ3v) is 4.36. The Labute approximate surface area is 122 Å². The first-order chi connectivity index (χ1) is 9.26. The van der Waals surface area contributed by atoms with E-state index in [9.17, 15) is 0 Å². The van der Waals surface area contributed by atoms with Gasteiger partial charge in [-0.05, 0) is 37.0 Å². The van der Waals surface area contributed by atoms with E-state index in [1.807, 2.05) is 24.3 Å². The Kier molecular flexibility index (Phi) is 4.10. The molecule has 1 saturated heterocycles. The fraction of sp³-hybridized carbons (Fsp3) is 0.600. The average molecular weight is 327 g/mol. The maximum absolute atomic E-state index is 5.89. The van der Waals surface area contributed by atoms with Crippen LogP contribution in [0, 0.1) is 5.92 Å². The Morgan fingerprint density at radius 2 is 2.16 bits per heavy atom. The summed E-state index contributed by atoms with van der Waals surface area (Å²) in [6, 6.07) is 7.99. The van der Waals surface area contributed by atoms with Gasteiger partial charge in [0.1, 0.15) is 5.75 Å². The van der Waals surface area contributed by atoms with Crippen LogP contribution < -0.4 is 4.74 Å². The van der Waals surface area contributed by atoms with Crippen LogP contribution >= 0.6 is 15.9 Å². The summed E-state index contributed by atoms with van der Waals surface area (Å²) in [6.45, 7) is 2.21. The van der Waals surface area contributed by atoms with Crippen LogP contribution in [0.1, 0.15) is 25.7 Å². The number of hydrogen-bond acceptors (Lipinski definition) is 3. The fourth-order valence-electron chi connectivity index (χ4n) is 2.98. The van der Waals surface area contributed by atoms with Crippen molar-refractivity contribution in [2.75, 3.05) is 19.8 Å². The molecule has 19 heavy (non-hydrogen) atoms. The first-order valence-corrected chi connectivity index (χ1v) is 7.71. The first-order valence-electron chi connectivity index (χ1n) is 6.92. The Morgan fingerprint density at radius 3 is 2.95 bits per heavy atom. The molecule has 0 radical (unpaired) electrons. The van der Waals surface area contributed by atoms with Gasteiger partial charge in [0.05, 0.1) is 19.8 Å². The van der Waals surface area contributed by atoms with Gasteiger partial charge in [-0.3, -0.25) is 0 Å². The van der Waals surface area contributed by atoms with Crippen molar-refractivity contribution in [2.45, 2.75) is 31.5 Å². The molecule has 1 aromatic carbocycles. The van der Waals surface area contributed by atoms with Crippen molar-refractivity contribution in [3.63, 3.8) is 0 Å². The van der Waals surface area contributed by atoms with Crippen molar-refractivity contribution >= 4 is 15.9 Å². The van der Waals surface area contributed by atoms with Gasteiger partial charge < -0.3 is 14.2 Å². The molecule has 3 nitrogen and oxygen atoms in total. The minimum atomic E-state index is -0.302. The van der Waals surface area contributed by atoms with E-state index in [0.29, 0.717) is 5.92 Å². The lowest BCUT2D eigenvalue weighted by Gasteiger charge is -2.36. The summed E-state index contributed by atoms with van der Waals surface area (Å²) in [5.41, 5.74) is 0. The molecule has 1 heterocycles. The molecule has 1 aromatic rings. The van der Waals surface area contributed by atoms with Gasteiger partial charge in [0.25, 0.3) is 0 Å². The highest BCUT2D eigenvalue weighted by Gasteiger charge is 2.41.